The second-order valence-electron chi connectivity index (χ2n) is 1.38. The van der Waals surface area contributed by atoms with Gasteiger partial charge in [-0.1, -0.05) is 5.10 Å². The lowest BCUT2D eigenvalue weighted by molar-refractivity contribution is -0.394. The monoisotopic (exact) mass is 144 g/mol. The molecule has 0 aliphatic rings. The molecule has 0 aliphatic carbocycles. The predicted molar refractivity (Wildman–Crippen MR) is 30.8 cm³/mol. The standard InChI is InChI=1S/C2H4N6O2/c3-5-1-4-2(7-6-1)8(9)10/h3H2,(H2,4,5,6,7). The topological polar surface area (TPSA) is 123 Å². The number of nitrogen functional groups attached to an aromatic ring is 1. The van der Waals surface area contributed by atoms with Crippen LogP contribution in [0.25, 0.3) is 0 Å². The molecule has 1 aromatic heterocycles. The highest BCUT2D eigenvalue weighted by Crippen LogP contribution is 2.02. The third kappa shape index (κ3) is 1.00. The van der Waals surface area contributed by atoms with E-state index in [1.807, 2.05) is 5.43 Å². The van der Waals surface area contributed by atoms with Crippen LogP contribution in [0, 0.1) is 10.1 Å². The summed E-state index contributed by atoms with van der Waals surface area (Å²) in [5.41, 5.74) is 2.04. The zero-order chi connectivity index (χ0) is 7.56. The molecule has 4 N–H and O–H groups in total. The Morgan fingerprint density at radius 1 is 1.80 bits per heavy atom. The highest BCUT2D eigenvalue weighted by Gasteiger charge is 2.11. The van der Waals surface area contributed by atoms with Gasteiger partial charge < -0.3 is 10.1 Å². The first-order chi connectivity index (χ1) is 4.74. The van der Waals surface area contributed by atoms with E-state index in [0.717, 1.165) is 0 Å². The molecule has 8 heteroatoms. The van der Waals surface area contributed by atoms with Crippen molar-refractivity contribution in [1.82, 2.24) is 15.2 Å². The van der Waals surface area contributed by atoms with E-state index in [0.29, 0.717) is 0 Å². The highest BCUT2D eigenvalue weighted by atomic mass is 16.6. The van der Waals surface area contributed by atoms with E-state index >= 15 is 0 Å². The smallest absolute Gasteiger partial charge is 0.390 e. The Morgan fingerprint density at radius 3 is 2.80 bits per heavy atom. The third-order valence-corrected chi connectivity index (χ3v) is 0.776. The molecular formula is C2H4N6O2. The molecule has 0 spiro atoms. The molecule has 1 rings (SSSR count). The minimum Gasteiger partial charge on any atom is -0.390 e. The number of anilines is 1. The van der Waals surface area contributed by atoms with Crippen LogP contribution in [0.4, 0.5) is 11.9 Å². The SMILES string of the molecule is NNc1n[nH]c([N+](=O)[O-])n1. The number of hydrazine groups is 1. The van der Waals surface area contributed by atoms with Crippen LogP contribution in [0.3, 0.4) is 0 Å². The van der Waals surface area contributed by atoms with Gasteiger partial charge in [0.25, 0.3) is 0 Å². The van der Waals surface area contributed by atoms with Crippen LogP contribution in [0.5, 0.6) is 0 Å². The number of nitrogens with two attached hydrogens (primary N) is 1. The van der Waals surface area contributed by atoms with Gasteiger partial charge >= 0.3 is 11.9 Å². The first kappa shape index (κ1) is 6.42. The van der Waals surface area contributed by atoms with Crippen LogP contribution < -0.4 is 11.3 Å². The van der Waals surface area contributed by atoms with E-state index in [4.69, 9.17) is 5.84 Å². The third-order valence-electron chi connectivity index (χ3n) is 0.776. The minimum absolute atomic E-state index is 0.00769. The van der Waals surface area contributed by atoms with Crippen LogP contribution in [0.1, 0.15) is 0 Å². The molecule has 0 atom stereocenters. The summed E-state index contributed by atoms with van der Waals surface area (Å²) in [4.78, 5) is 12.6. The number of nitro groups is 1. The van der Waals surface area contributed by atoms with Crippen molar-refractivity contribution in [3.8, 4) is 0 Å². The molecule has 1 aromatic rings. The number of hydrogen-bond donors (Lipinski definition) is 3. The molecule has 0 amide bonds. The Bertz CT molecular complexity index is 242. The van der Waals surface area contributed by atoms with E-state index in [1.54, 1.807) is 0 Å². The van der Waals surface area contributed by atoms with Gasteiger partial charge in [-0.25, -0.2) is 5.84 Å². The average molecular weight is 144 g/mol. The van der Waals surface area contributed by atoms with Gasteiger partial charge in [-0.3, -0.25) is 5.43 Å². The van der Waals surface area contributed by atoms with Crippen molar-refractivity contribution in [2.45, 2.75) is 0 Å². The number of H-pyrrole nitrogens is 1. The van der Waals surface area contributed by atoms with E-state index in [-0.39, 0.29) is 5.95 Å². The molecule has 0 fully saturated rings. The summed E-state index contributed by atoms with van der Waals surface area (Å²) in [6.07, 6.45) is 0. The Morgan fingerprint density at radius 2 is 2.50 bits per heavy atom. The second-order valence-corrected chi connectivity index (χ2v) is 1.38. The maximum Gasteiger partial charge on any atom is 0.455 e. The Labute approximate surface area is 54.6 Å². The van der Waals surface area contributed by atoms with Crippen LogP contribution in [0.15, 0.2) is 0 Å². The van der Waals surface area contributed by atoms with Gasteiger partial charge in [0.05, 0.1) is 0 Å². The Hall–Kier alpha value is -1.70. The van der Waals surface area contributed by atoms with E-state index in [1.165, 1.54) is 0 Å². The molecule has 0 aliphatic heterocycles. The Balaban J connectivity index is 2.88. The van der Waals surface area contributed by atoms with Crippen LogP contribution in [-0.2, 0) is 0 Å². The van der Waals surface area contributed by atoms with Gasteiger partial charge in [0.1, 0.15) is 0 Å². The number of rotatable bonds is 2. The molecule has 54 valence electrons. The van der Waals surface area contributed by atoms with Gasteiger partial charge in [-0.05, 0) is 9.91 Å². The van der Waals surface area contributed by atoms with Crippen molar-refractivity contribution >= 4 is 11.9 Å². The number of nitrogens with zero attached hydrogens (tertiary/aromatic N) is 3. The van der Waals surface area contributed by atoms with Crippen molar-refractivity contribution in [1.29, 1.82) is 0 Å². The van der Waals surface area contributed by atoms with Crippen molar-refractivity contribution in [2.75, 3.05) is 5.43 Å². The van der Waals surface area contributed by atoms with Crippen LogP contribution >= 0.6 is 0 Å². The molecule has 1 heterocycles. The average Bonchev–Trinajstić information content (AvgIpc) is 2.34. The molecule has 0 bridgehead atoms. The minimum atomic E-state index is -0.701. The normalized spacial score (nSPS) is 9.30. The molecule has 0 unspecified atom stereocenters. The van der Waals surface area contributed by atoms with Gasteiger partial charge in [0.2, 0.25) is 0 Å². The molecular weight excluding hydrogens is 140 g/mol. The van der Waals surface area contributed by atoms with Gasteiger partial charge in [0, 0.05) is 0 Å². The summed E-state index contributed by atoms with van der Waals surface area (Å²) >= 11 is 0. The quantitative estimate of drug-likeness (QED) is 0.278. The fraction of sp³-hybridized carbons (Fsp3) is 0. The lowest BCUT2D eigenvalue weighted by Gasteiger charge is -1.83. The molecule has 8 nitrogen and oxygen atoms in total. The summed E-state index contributed by atoms with van der Waals surface area (Å²) in [6, 6.07) is 0. The van der Waals surface area contributed by atoms with Crippen molar-refractivity contribution in [3.05, 3.63) is 10.1 Å². The van der Waals surface area contributed by atoms with E-state index < -0.39 is 10.9 Å². The lowest BCUT2D eigenvalue weighted by Crippen LogP contribution is -2.08. The summed E-state index contributed by atoms with van der Waals surface area (Å²) in [5, 5.41) is 15.3. The van der Waals surface area contributed by atoms with E-state index in [9.17, 15) is 10.1 Å². The number of hydrogen-bond acceptors (Lipinski definition) is 6. The van der Waals surface area contributed by atoms with Gasteiger partial charge in [-0.15, -0.1) is 5.10 Å². The van der Waals surface area contributed by atoms with Crippen LogP contribution in [-0.4, -0.2) is 20.1 Å². The Kier molecular flexibility index (Phi) is 1.46. The fourth-order valence-corrected chi connectivity index (χ4v) is 0.399. The molecule has 0 saturated carbocycles. The van der Waals surface area contributed by atoms with Crippen molar-refractivity contribution < 1.29 is 4.92 Å². The molecule has 0 aromatic carbocycles. The highest BCUT2D eigenvalue weighted by molar-refractivity contribution is 5.23. The summed E-state index contributed by atoms with van der Waals surface area (Å²) in [5.74, 6) is 4.40. The lowest BCUT2D eigenvalue weighted by atomic mass is 11.0. The molecule has 0 radical (unpaired) electrons. The summed E-state index contributed by atoms with van der Waals surface area (Å²) in [6.45, 7) is 0. The molecule has 10 heavy (non-hydrogen) atoms. The maximum absolute atomic E-state index is 9.93. The van der Waals surface area contributed by atoms with Crippen LogP contribution in [0.2, 0.25) is 0 Å². The fourth-order valence-electron chi connectivity index (χ4n) is 0.399. The predicted octanol–water partition coefficient (Wildman–Crippen LogP) is -1.00. The van der Waals surface area contributed by atoms with Gasteiger partial charge in [-0.2, -0.15) is 0 Å². The number of aromatic nitrogens is 3. The summed E-state index contributed by atoms with van der Waals surface area (Å²) < 4.78 is 0. The zero-order valence-corrected chi connectivity index (χ0v) is 4.74. The van der Waals surface area contributed by atoms with Crippen molar-refractivity contribution in [3.63, 3.8) is 0 Å². The first-order valence-corrected chi connectivity index (χ1v) is 2.27. The zero-order valence-electron chi connectivity index (χ0n) is 4.74. The number of aromatic amines is 1. The largest absolute Gasteiger partial charge is 0.455 e. The molecule has 0 saturated heterocycles. The van der Waals surface area contributed by atoms with Gasteiger partial charge in [0.15, 0.2) is 0 Å². The second kappa shape index (κ2) is 2.27. The first-order valence-electron chi connectivity index (χ1n) is 2.27. The number of nitrogens with one attached hydrogen (secondary N) is 2. The maximum atomic E-state index is 9.93. The summed E-state index contributed by atoms with van der Waals surface area (Å²) in [7, 11) is 0. The van der Waals surface area contributed by atoms with E-state index in [2.05, 4.69) is 15.2 Å². The van der Waals surface area contributed by atoms with Crippen molar-refractivity contribution in [2.24, 2.45) is 5.84 Å².